The highest BCUT2D eigenvalue weighted by atomic mass is 35.5. The Morgan fingerprint density at radius 1 is 1.14 bits per heavy atom. The second-order valence-electron chi connectivity index (χ2n) is 8.28. The zero-order chi connectivity index (χ0) is 27.3. The summed E-state index contributed by atoms with van der Waals surface area (Å²) in [5.41, 5.74) is 3.09. The summed E-state index contributed by atoms with van der Waals surface area (Å²) in [5, 5.41) is 16.0. The molecule has 3 rings (SSSR count). The van der Waals surface area contributed by atoms with Crippen molar-refractivity contribution in [2.24, 2.45) is 5.92 Å². The molecule has 0 unspecified atom stereocenters. The van der Waals surface area contributed by atoms with Gasteiger partial charge in [0.25, 0.3) is 0 Å². The first kappa shape index (κ1) is 28.4. The first-order valence-electron chi connectivity index (χ1n) is 11.2. The van der Waals surface area contributed by atoms with Crippen LogP contribution in [0.3, 0.4) is 0 Å². The Morgan fingerprint density at radius 3 is 2.30 bits per heavy atom. The molecule has 2 aromatic carbocycles. The van der Waals surface area contributed by atoms with Crippen LogP contribution in [0.15, 0.2) is 40.9 Å². The van der Waals surface area contributed by atoms with E-state index in [2.05, 4.69) is 16.7 Å². The van der Waals surface area contributed by atoms with Gasteiger partial charge in [0, 0.05) is 11.6 Å². The summed E-state index contributed by atoms with van der Waals surface area (Å²) in [6, 6.07) is 10.8. The molecular formula is C26H25Cl2N3O5S. The number of aryl methyl sites for hydroxylation is 2. The van der Waals surface area contributed by atoms with Crippen molar-refractivity contribution < 1.29 is 23.9 Å². The maximum atomic E-state index is 13.0. The van der Waals surface area contributed by atoms with E-state index in [-0.39, 0.29) is 38.1 Å². The fourth-order valence-electron chi connectivity index (χ4n) is 4.10. The molecule has 0 aliphatic carbocycles. The Balaban J connectivity index is 1.96. The zero-order valence-corrected chi connectivity index (χ0v) is 22.9. The molecule has 0 radical (unpaired) electrons. The van der Waals surface area contributed by atoms with Crippen LogP contribution in [0.2, 0.25) is 10.0 Å². The number of anilines is 1. The van der Waals surface area contributed by atoms with Crippen LogP contribution >= 0.6 is 35.0 Å². The smallest absolute Gasteiger partial charge is 0.319 e. The van der Waals surface area contributed by atoms with Gasteiger partial charge in [0.1, 0.15) is 5.92 Å². The van der Waals surface area contributed by atoms with Gasteiger partial charge in [0.05, 0.1) is 46.2 Å². The quantitative estimate of drug-likeness (QED) is 0.339. The van der Waals surface area contributed by atoms with E-state index in [1.54, 1.807) is 6.92 Å². The fourth-order valence-corrected chi connectivity index (χ4v) is 5.56. The van der Waals surface area contributed by atoms with Gasteiger partial charge in [-0.1, -0.05) is 41.0 Å². The number of methoxy groups -OCH3 is 1. The highest BCUT2D eigenvalue weighted by molar-refractivity contribution is 8.03. The summed E-state index contributed by atoms with van der Waals surface area (Å²) in [7, 11) is 1.15. The number of nitriles is 1. The number of ether oxygens (including phenoxy) is 2. The summed E-state index contributed by atoms with van der Waals surface area (Å²) in [5.74, 6) is -4.06. The third kappa shape index (κ3) is 6.58. The van der Waals surface area contributed by atoms with Crippen molar-refractivity contribution in [2.75, 3.05) is 24.8 Å². The van der Waals surface area contributed by atoms with Crippen LogP contribution in [0.25, 0.3) is 0 Å². The van der Waals surface area contributed by atoms with Gasteiger partial charge in [-0.2, -0.15) is 5.26 Å². The third-order valence-electron chi connectivity index (χ3n) is 5.51. The van der Waals surface area contributed by atoms with E-state index in [0.29, 0.717) is 17.9 Å². The second kappa shape index (κ2) is 12.4. The predicted molar refractivity (Wildman–Crippen MR) is 144 cm³/mol. The molecule has 37 heavy (non-hydrogen) atoms. The molecule has 0 saturated heterocycles. The van der Waals surface area contributed by atoms with Crippen LogP contribution in [0.5, 0.6) is 5.75 Å². The lowest BCUT2D eigenvalue weighted by Gasteiger charge is -2.31. The molecule has 11 heteroatoms. The average molecular weight is 562 g/mol. The van der Waals surface area contributed by atoms with E-state index < -0.39 is 23.7 Å². The van der Waals surface area contributed by atoms with Crippen molar-refractivity contribution in [1.82, 2.24) is 5.32 Å². The molecule has 0 aromatic heterocycles. The standard InChI is InChI=1S/C26H25Cl2N3O5S/c1-5-36-23-18(27)9-15(10-19(23)28)21-17(11-29)25(31-24(33)22(21)26(34)35-4)37-12-20(32)30-16-7-13(2)6-14(3)8-16/h6-10,21-22H,5,12H2,1-4H3,(H,30,32)(H,31,33)/t21-,22-/m0/s1. The van der Waals surface area contributed by atoms with Gasteiger partial charge in [0.15, 0.2) is 5.75 Å². The number of hydrogen-bond acceptors (Lipinski definition) is 7. The van der Waals surface area contributed by atoms with Gasteiger partial charge >= 0.3 is 5.97 Å². The van der Waals surface area contributed by atoms with E-state index in [1.165, 1.54) is 12.1 Å². The number of allylic oxidation sites excluding steroid dienone is 1. The predicted octanol–water partition coefficient (Wildman–Crippen LogP) is 5.12. The largest absolute Gasteiger partial charge is 0.491 e. The van der Waals surface area contributed by atoms with E-state index >= 15 is 0 Å². The average Bonchev–Trinajstić information content (AvgIpc) is 2.83. The number of nitrogens with zero attached hydrogens (tertiary/aromatic N) is 1. The van der Waals surface area contributed by atoms with Crippen LogP contribution in [-0.2, 0) is 19.1 Å². The van der Waals surface area contributed by atoms with Crippen molar-refractivity contribution in [3.8, 4) is 11.8 Å². The summed E-state index contributed by atoms with van der Waals surface area (Å²) in [6.45, 7) is 5.95. The number of thioether (sulfide) groups is 1. The Labute approximate surface area is 229 Å². The number of rotatable bonds is 8. The number of carbonyl (C=O) groups is 3. The van der Waals surface area contributed by atoms with Crippen molar-refractivity contribution in [2.45, 2.75) is 26.7 Å². The lowest BCUT2D eigenvalue weighted by atomic mass is 9.78. The first-order chi connectivity index (χ1) is 17.6. The Kier molecular flexibility index (Phi) is 9.49. The van der Waals surface area contributed by atoms with Gasteiger partial charge in [0.2, 0.25) is 11.8 Å². The molecule has 1 heterocycles. The van der Waals surface area contributed by atoms with Crippen LogP contribution in [0.4, 0.5) is 5.69 Å². The van der Waals surface area contributed by atoms with E-state index in [1.807, 2.05) is 32.0 Å². The summed E-state index contributed by atoms with van der Waals surface area (Å²) >= 11 is 13.7. The van der Waals surface area contributed by atoms with E-state index in [4.69, 9.17) is 32.7 Å². The van der Waals surface area contributed by atoms with Gasteiger partial charge < -0.3 is 20.1 Å². The lowest BCUT2D eigenvalue weighted by Crippen LogP contribution is -2.44. The van der Waals surface area contributed by atoms with Crippen molar-refractivity contribution in [3.63, 3.8) is 0 Å². The van der Waals surface area contributed by atoms with Gasteiger partial charge in [-0.3, -0.25) is 14.4 Å². The van der Waals surface area contributed by atoms with Gasteiger partial charge in [-0.25, -0.2) is 0 Å². The Bertz CT molecular complexity index is 1280. The van der Waals surface area contributed by atoms with Crippen LogP contribution < -0.4 is 15.4 Å². The fraction of sp³-hybridized carbons (Fsp3) is 0.308. The molecule has 2 atom stereocenters. The minimum absolute atomic E-state index is 0.0792. The lowest BCUT2D eigenvalue weighted by molar-refractivity contribution is -0.150. The van der Waals surface area contributed by atoms with Gasteiger partial charge in [-0.05, 0) is 61.7 Å². The van der Waals surface area contributed by atoms with Gasteiger partial charge in [-0.15, -0.1) is 0 Å². The normalized spacial score (nSPS) is 17.1. The molecule has 0 fully saturated rings. The minimum Gasteiger partial charge on any atom is -0.491 e. The topological polar surface area (TPSA) is 118 Å². The molecule has 2 amide bonds. The summed E-state index contributed by atoms with van der Waals surface area (Å²) < 4.78 is 10.3. The molecule has 1 aliphatic rings. The Hall–Kier alpha value is -3.19. The zero-order valence-electron chi connectivity index (χ0n) is 20.6. The molecular weight excluding hydrogens is 537 g/mol. The number of halogens is 2. The monoisotopic (exact) mass is 561 g/mol. The number of hydrogen-bond donors (Lipinski definition) is 2. The number of benzene rings is 2. The molecule has 8 nitrogen and oxygen atoms in total. The van der Waals surface area contributed by atoms with Crippen molar-refractivity contribution >= 4 is 58.4 Å². The van der Waals surface area contributed by atoms with Crippen LogP contribution in [0.1, 0.15) is 29.5 Å². The number of amides is 2. The highest BCUT2D eigenvalue weighted by Gasteiger charge is 2.44. The number of carbonyl (C=O) groups excluding carboxylic acids is 3. The SMILES string of the molecule is CCOc1c(Cl)cc([C@H]2C(C#N)=C(SCC(=O)Nc3cc(C)cc(C)c3)NC(=O)[C@H]2C(=O)OC)cc1Cl. The van der Waals surface area contributed by atoms with Crippen LogP contribution in [-0.4, -0.2) is 37.3 Å². The molecule has 0 spiro atoms. The third-order valence-corrected chi connectivity index (χ3v) is 7.08. The maximum Gasteiger partial charge on any atom is 0.319 e. The molecule has 1 aliphatic heterocycles. The molecule has 2 N–H and O–H groups in total. The molecule has 194 valence electrons. The van der Waals surface area contributed by atoms with Crippen molar-refractivity contribution in [1.29, 1.82) is 5.26 Å². The Morgan fingerprint density at radius 2 is 1.76 bits per heavy atom. The van der Waals surface area contributed by atoms with E-state index in [0.717, 1.165) is 30.0 Å². The summed E-state index contributed by atoms with van der Waals surface area (Å²) in [4.78, 5) is 38.3. The molecule has 0 saturated carbocycles. The minimum atomic E-state index is -1.36. The highest BCUT2D eigenvalue weighted by Crippen LogP contribution is 2.44. The molecule has 0 bridgehead atoms. The molecule has 2 aromatic rings. The van der Waals surface area contributed by atoms with E-state index in [9.17, 15) is 19.6 Å². The number of nitrogens with one attached hydrogen (secondary N) is 2. The number of esters is 1. The second-order valence-corrected chi connectivity index (χ2v) is 10.1. The first-order valence-corrected chi connectivity index (χ1v) is 13.0. The maximum absolute atomic E-state index is 13.0. The summed E-state index contributed by atoms with van der Waals surface area (Å²) in [6.07, 6.45) is 0. The van der Waals surface area contributed by atoms with Crippen molar-refractivity contribution in [3.05, 3.63) is 67.7 Å². The van der Waals surface area contributed by atoms with Crippen LogP contribution in [0, 0.1) is 31.1 Å².